The van der Waals surface area contributed by atoms with Crippen LogP contribution in [-0.2, 0) is 0 Å². The third-order valence-electron chi connectivity index (χ3n) is 3.40. The molecular formula is C12H11N5O2. The number of benzene rings is 1. The molecule has 0 radical (unpaired) electrons. The summed E-state index contributed by atoms with van der Waals surface area (Å²) in [6, 6.07) is 4.96. The first kappa shape index (κ1) is 11.3. The molecule has 1 aliphatic heterocycles. The summed E-state index contributed by atoms with van der Waals surface area (Å²) >= 11 is 0. The molecule has 0 saturated carbocycles. The average molecular weight is 257 g/mol. The van der Waals surface area contributed by atoms with Crippen molar-refractivity contribution < 1.29 is 4.79 Å². The second-order valence-electron chi connectivity index (χ2n) is 4.50. The van der Waals surface area contributed by atoms with Gasteiger partial charge in [-0.2, -0.15) is 5.26 Å². The monoisotopic (exact) mass is 257 g/mol. The summed E-state index contributed by atoms with van der Waals surface area (Å²) in [5, 5.41) is 8.87. The Bertz CT molecular complexity index is 753. The molecule has 1 unspecified atom stereocenters. The maximum Gasteiger partial charge on any atom is 0.333 e. The van der Waals surface area contributed by atoms with Gasteiger partial charge in [-0.05, 0) is 17.7 Å². The van der Waals surface area contributed by atoms with Crippen molar-refractivity contribution in [2.24, 2.45) is 0 Å². The van der Waals surface area contributed by atoms with Crippen LogP contribution in [0.1, 0.15) is 11.6 Å². The number of amides is 2. The molecule has 19 heavy (non-hydrogen) atoms. The number of nitriles is 1. The lowest BCUT2D eigenvalue weighted by Crippen LogP contribution is -2.26. The number of rotatable bonds is 1. The number of H-pyrrole nitrogens is 2. The van der Waals surface area contributed by atoms with E-state index in [4.69, 9.17) is 5.26 Å². The molecule has 7 nitrogen and oxygen atoms in total. The third-order valence-corrected chi connectivity index (χ3v) is 3.40. The molecule has 7 heteroatoms. The van der Waals surface area contributed by atoms with E-state index < -0.39 is 0 Å². The quantitative estimate of drug-likeness (QED) is 0.737. The second kappa shape index (κ2) is 3.88. The zero-order valence-electron chi connectivity index (χ0n) is 10.2. The fourth-order valence-corrected chi connectivity index (χ4v) is 2.37. The molecule has 1 saturated heterocycles. The van der Waals surface area contributed by atoms with E-state index in [1.165, 1.54) is 4.90 Å². The molecule has 2 heterocycles. The molecular weight excluding hydrogens is 246 g/mol. The first-order valence-electron chi connectivity index (χ1n) is 5.76. The van der Waals surface area contributed by atoms with Gasteiger partial charge < -0.3 is 14.9 Å². The van der Waals surface area contributed by atoms with E-state index in [0.29, 0.717) is 12.1 Å². The highest BCUT2D eigenvalue weighted by Gasteiger charge is 2.35. The van der Waals surface area contributed by atoms with Gasteiger partial charge in [-0.3, -0.25) is 0 Å². The number of hydrogen-bond donors (Lipinski definition) is 2. The predicted molar refractivity (Wildman–Crippen MR) is 67.1 cm³/mol. The highest BCUT2D eigenvalue weighted by molar-refractivity contribution is 5.80. The second-order valence-corrected chi connectivity index (χ2v) is 4.50. The van der Waals surface area contributed by atoms with E-state index >= 15 is 0 Å². The van der Waals surface area contributed by atoms with Crippen molar-refractivity contribution in [2.45, 2.75) is 6.04 Å². The van der Waals surface area contributed by atoms with Gasteiger partial charge in [-0.15, -0.1) is 0 Å². The van der Waals surface area contributed by atoms with Crippen LogP contribution in [0.25, 0.3) is 11.0 Å². The lowest BCUT2D eigenvalue weighted by molar-refractivity contribution is 0.205. The molecule has 0 bridgehead atoms. The third kappa shape index (κ3) is 1.65. The van der Waals surface area contributed by atoms with Crippen molar-refractivity contribution in [1.29, 1.82) is 5.26 Å². The highest BCUT2D eigenvalue weighted by atomic mass is 16.2. The number of imidazole rings is 1. The topological polar surface area (TPSA) is 96.0 Å². The molecule has 2 N–H and O–H groups in total. The van der Waals surface area contributed by atoms with Crippen LogP contribution in [0, 0.1) is 11.5 Å². The largest absolute Gasteiger partial charge is 0.333 e. The number of urea groups is 1. The van der Waals surface area contributed by atoms with E-state index in [1.54, 1.807) is 13.1 Å². The lowest BCUT2D eigenvalue weighted by Gasteiger charge is -2.17. The van der Waals surface area contributed by atoms with Crippen molar-refractivity contribution >= 4 is 17.1 Å². The Hall–Kier alpha value is -2.75. The maximum atomic E-state index is 11.8. The molecule has 1 aliphatic rings. The number of aromatic amines is 2. The predicted octanol–water partition coefficient (Wildman–Crippen LogP) is 0.746. The summed E-state index contributed by atoms with van der Waals surface area (Å²) in [6.07, 6.45) is 1.86. The molecule has 1 atom stereocenters. The van der Waals surface area contributed by atoms with E-state index in [2.05, 4.69) is 9.97 Å². The van der Waals surface area contributed by atoms with Crippen LogP contribution in [-0.4, -0.2) is 39.4 Å². The van der Waals surface area contributed by atoms with Gasteiger partial charge in [0, 0.05) is 7.05 Å². The van der Waals surface area contributed by atoms with Crippen LogP contribution >= 0.6 is 0 Å². The van der Waals surface area contributed by atoms with Gasteiger partial charge in [0.2, 0.25) is 0 Å². The number of likely N-dealkylation sites (N-methyl/N-ethyl adjacent to an activating group) is 1. The number of carbonyl (C=O) groups is 1. The fourth-order valence-electron chi connectivity index (χ4n) is 2.37. The highest BCUT2D eigenvalue weighted by Crippen LogP contribution is 2.28. The van der Waals surface area contributed by atoms with Crippen LogP contribution < -0.4 is 5.69 Å². The minimum atomic E-state index is -0.310. The van der Waals surface area contributed by atoms with Gasteiger partial charge in [0.15, 0.2) is 6.19 Å². The number of nitrogens with one attached hydrogen (secondary N) is 2. The maximum absolute atomic E-state index is 11.8. The minimum absolute atomic E-state index is 0.185. The van der Waals surface area contributed by atoms with Crippen molar-refractivity contribution in [2.75, 3.05) is 13.6 Å². The summed E-state index contributed by atoms with van der Waals surface area (Å²) in [5.41, 5.74) is 2.04. The first-order chi connectivity index (χ1) is 9.10. The molecule has 1 aromatic heterocycles. The summed E-state index contributed by atoms with van der Waals surface area (Å²) in [5.74, 6) is 0. The van der Waals surface area contributed by atoms with E-state index in [-0.39, 0.29) is 17.8 Å². The number of fused-ring (bicyclic) bond motifs is 1. The van der Waals surface area contributed by atoms with Gasteiger partial charge in [-0.25, -0.2) is 14.5 Å². The standard InChI is InChI=1S/C12H11N5O2/c1-16-10(5-17(6-13)12(16)19)7-2-3-8-9(4-7)15-11(18)14-8/h2-4,10H,5H2,1H3,(H2,14,15,18). The zero-order chi connectivity index (χ0) is 13.6. The van der Waals surface area contributed by atoms with Crippen LogP contribution in [0.3, 0.4) is 0 Å². The SMILES string of the molecule is CN1C(=O)N(C#N)CC1c1ccc2[nH]c(=O)[nH]c2c1. The van der Waals surface area contributed by atoms with Crippen LogP contribution in [0.2, 0.25) is 0 Å². The van der Waals surface area contributed by atoms with Gasteiger partial charge in [0.05, 0.1) is 23.6 Å². The van der Waals surface area contributed by atoms with Crippen molar-refractivity contribution in [3.05, 3.63) is 34.2 Å². The summed E-state index contributed by atoms with van der Waals surface area (Å²) in [7, 11) is 1.66. The molecule has 2 amide bonds. The molecule has 96 valence electrons. The molecule has 1 fully saturated rings. The Morgan fingerprint density at radius 3 is 2.74 bits per heavy atom. The molecule has 3 rings (SSSR count). The van der Waals surface area contributed by atoms with Gasteiger partial charge in [0.25, 0.3) is 0 Å². The molecule has 2 aromatic rings. The Morgan fingerprint density at radius 2 is 2.05 bits per heavy atom. The Kier molecular flexibility index (Phi) is 2.32. The number of nitrogens with zero attached hydrogens (tertiary/aromatic N) is 3. The Morgan fingerprint density at radius 1 is 1.32 bits per heavy atom. The van der Waals surface area contributed by atoms with E-state index in [9.17, 15) is 9.59 Å². The van der Waals surface area contributed by atoms with Gasteiger partial charge >= 0.3 is 11.7 Å². The smallest absolute Gasteiger partial charge is 0.318 e. The normalized spacial score (nSPS) is 19.2. The van der Waals surface area contributed by atoms with Gasteiger partial charge in [0.1, 0.15) is 0 Å². The van der Waals surface area contributed by atoms with Crippen molar-refractivity contribution in [3.63, 3.8) is 0 Å². The number of aromatic nitrogens is 2. The number of carbonyl (C=O) groups excluding carboxylic acids is 1. The zero-order valence-corrected chi connectivity index (χ0v) is 10.2. The van der Waals surface area contributed by atoms with Crippen molar-refractivity contribution in [3.8, 4) is 6.19 Å². The molecule has 0 aliphatic carbocycles. The minimum Gasteiger partial charge on any atom is -0.318 e. The van der Waals surface area contributed by atoms with Crippen LogP contribution in [0.15, 0.2) is 23.0 Å². The summed E-state index contributed by atoms with van der Waals surface area (Å²) in [4.78, 5) is 30.9. The Labute approximate surface area is 108 Å². The first-order valence-corrected chi connectivity index (χ1v) is 5.76. The van der Waals surface area contributed by atoms with Crippen LogP contribution in [0.5, 0.6) is 0 Å². The summed E-state index contributed by atoms with van der Waals surface area (Å²) in [6.45, 7) is 0.325. The number of hydrogen-bond acceptors (Lipinski definition) is 3. The van der Waals surface area contributed by atoms with E-state index in [0.717, 1.165) is 16.0 Å². The van der Waals surface area contributed by atoms with Gasteiger partial charge in [-0.1, -0.05) is 6.07 Å². The van der Waals surface area contributed by atoms with Crippen LogP contribution in [0.4, 0.5) is 4.79 Å². The van der Waals surface area contributed by atoms with E-state index in [1.807, 2.05) is 18.3 Å². The lowest BCUT2D eigenvalue weighted by atomic mass is 10.1. The average Bonchev–Trinajstić information content (AvgIpc) is 2.90. The Balaban J connectivity index is 2.03. The summed E-state index contributed by atoms with van der Waals surface area (Å²) < 4.78 is 0. The molecule has 0 spiro atoms. The fraction of sp³-hybridized carbons (Fsp3) is 0.250. The van der Waals surface area contributed by atoms with Crippen molar-refractivity contribution in [1.82, 2.24) is 19.8 Å². The molecule has 1 aromatic carbocycles.